The minimum Gasteiger partial charge on any atom is -0.344 e. The van der Waals surface area contributed by atoms with Crippen LogP contribution in [0.1, 0.15) is 22.0 Å². The van der Waals surface area contributed by atoms with Gasteiger partial charge in [0.25, 0.3) is 5.91 Å². The molecule has 6 nitrogen and oxygen atoms in total. The average Bonchev–Trinajstić information content (AvgIpc) is 3.30. The van der Waals surface area contributed by atoms with E-state index in [1.54, 1.807) is 30.6 Å². The predicted octanol–water partition coefficient (Wildman–Crippen LogP) is 4.18. The van der Waals surface area contributed by atoms with Gasteiger partial charge in [0, 0.05) is 36.9 Å². The summed E-state index contributed by atoms with van der Waals surface area (Å²) in [6.07, 6.45) is 5.23. The Labute approximate surface area is 179 Å². The van der Waals surface area contributed by atoms with Gasteiger partial charge in [-0.05, 0) is 42.0 Å². The third kappa shape index (κ3) is 4.96. The molecule has 7 heteroatoms. The number of amides is 1. The van der Waals surface area contributed by atoms with Crippen LogP contribution in [0.4, 0.5) is 15.9 Å². The van der Waals surface area contributed by atoms with Crippen LogP contribution in [-0.2, 0) is 0 Å². The maximum Gasteiger partial charge on any atom is 0.253 e. The number of pyridine rings is 1. The Hall–Kier alpha value is -3.97. The van der Waals surface area contributed by atoms with Gasteiger partial charge >= 0.3 is 0 Å². The van der Waals surface area contributed by atoms with E-state index in [1.807, 2.05) is 53.2 Å². The van der Waals surface area contributed by atoms with Gasteiger partial charge in [0.05, 0.1) is 17.3 Å². The number of carbonyl (C=O) groups excluding carboxylic acids is 1. The molecule has 0 bridgehead atoms. The quantitative estimate of drug-likeness (QED) is 0.423. The van der Waals surface area contributed by atoms with Crippen molar-refractivity contribution >= 4 is 17.4 Å². The summed E-state index contributed by atoms with van der Waals surface area (Å²) in [7, 11) is 0. The third-order valence-electron chi connectivity index (χ3n) is 4.86. The molecule has 0 radical (unpaired) electrons. The van der Waals surface area contributed by atoms with Gasteiger partial charge in [-0.15, -0.1) is 0 Å². The number of nitrogens with one attached hydrogen (secondary N) is 2. The van der Waals surface area contributed by atoms with E-state index in [9.17, 15) is 9.18 Å². The maximum absolute atomic E-state index is 13.1. The summed E-state index contributed by atoms with van der Waals surface area (Å²) >= 11 is 0. The van der Waals surface area contributed by atoms with Gasteiger partial charge < -0.3 is 20.9 Å². The fraction of sp³-hybridized carbons (Fsp3) is 0.0833. The molecule has 1 atom stereocenters. The number of carbonyl (C=O) groups is 1. The van der Waals surface area contributed by atoms with Gasteiger partial charge in [0.2, 0.25) is 0 Å². The first kappa shape index (κ1) is 20.3. The van der Waals surface area contributed by atoms with Crippen molar-refractivity contribution < 1.29 is 9.18 Å². The third-order valence-corrected chi connectivity index (χ3v) is 4.86. The zero-order valence-electron chi connectivity index (χ0n) is 16.7. The van der Waals surface area contributed by atoms with Gasteiger partial charge in [0.1, 0.15) is 11.6 Å². The van der Waals surface area contributed by atoms with E-state index in [1.165, 1.54) is 12.1 Å². The highest BCUT2D eigenvalue weighted by atomic mass is 19.1. The molecular weight excluding hydrogens is 393 g/mol. The number of halogens is 1. The molecule has 4 rings (SSSR count). The molecule has 0 aliphatic rings. The van der Waals surface area contributed by atoms with E-state index in [4.69, 9.17) is 5.73 Å². The van der Waals surface area contributed by atoms with Gasteiger partial charge in [-0.2, -0.15) is 0 Å². The second kappa shape index (κ2) is 9.23. The van der Waals surface area contributed by atoms with E-state index in [2.05, 4.69) is 15.6 Å². The molecule has 0 fully saturated rings. The summed E-state index contributed by atoms with van der Waals surface area (Å²) in [6, 6.07) is 20.9. The Morgan fingerprint density at radius 2 is 1.84 bits per heavy atom. The van der Waals surface area contributed by atoms with Gasteiger partial charge in [-0.25, -0.2) is 9.37 Å². The van der Waals surface area contributed by atoms with Crippen molar-refractivity contribution in [3.63, 3.8) is 0 Å². The Bertz CT molecular complexity index is 1160. The summed E-state index contributed by atoms with van der Waals surface area (Å²) in [5, 5.41) is 6.12. The van der Waals surface area contributed by atoms with Crippen LogP contribution in [0.15, 0.2) is 91.4 Å². The summed E-state index contributed by atoms with van der Waals surface area (Å²) in [5.74, 6) is 0.113. The largest absolute Gasteiger partial charge is 0.344 e. The summed E-state index contributed by atoms with van der Waals surface area (Å²) in [4.78, 5) is 17.0. The molecule has 0 spiro atoms. The van der Waals surface area contributed by atoms with Crippen LogP contribution in [0.5, 0.6) is 0 Å². The second-order valence-electron chi connectivity index (χ2n) is 7.01. The molecule has 156 valence electrons. The van der Waals surface area contributed by atoms with E-state index in [-0.39, 0.29) is 17.8 Å². The number of hydrogen-bond donors (Lipinski definition) is 3. The number of nitrogens with two attached hydrogens (primary N) is 1. The first-order valence-electron chi connectivity index (χ1n) is 9.85. The molecule has 2 heterocycles. The monoisotopic (exact) mass is 415 g/mol. The van der Waals surface area contributed by atoms with Crippen molar-refractivity contribution in [2.45, 2.75) is 6.04 Å². The smallest absolute Gasteiger partial charge is 0.253 e. The number of nitrogens with zero attached hydrogens (tertiary/aromatic N) is 2. The average molecular weight is 415 g/mol. The highest BCUT2D eigenvalue weighted by Gasteiger charge is 2.15. The molecule has 2 aromatic heterocycles. The van der Waals surface area contributed by atoms with Crippen LogP contribution < -0.4 is 16.4 Å². The van der Waals surface area contributed by atoms with Crippen molar-refractivity contribution in [2.75, 3.05) is 11.9 Å². The molecule has 2 aromatic carbocycles. The number of benzene rings is 2. The first-order valence-corrected chi connectivity index (χ1v) is 9.85. The van der Waals surface area contributed by atoms with Gasteiger partial charge in [-0.1, -0.05) is 30.3 Å². The number of aromatic nitrogens is 2. The van der Waals surface area contributed by atoms with Crippen LogP contribution in [0.25, 0.3) is 5.69 Å². The minimum absolute atomic E-state index is 0.197. The predicted molar refractivity (Wildman–Crippen MR) is 119 cm³/mol. The van der Waals surface area contributed by atoms with Crippen molar-refractivity contribution in [1.29, 1.82) is 0 Å². The van der Waals surface area contributed by atoms with Gasteiger partial charge in [0.15, 0.2) is 0 Å². The van der Waals surface area contributed by atoms with E-state index >= 15 is 0 Å². The van der Waals surface area contributed by atoms with E-state index in [0.29, 0.717) is 17.9 Å². The lowest BCUT2D eigenvalue weighted by molar-refractivity contribution is 0.0938. The van der Waals surface area contributed by atoms with E-state index in [0.717, 1.165) is 16.9 Å². The molecule has 4 N–H and O–H groups in total. The Balaban J connectivity index is 1.48. The van der Waals surface area contributed by atoms with Gasteiger partial charge in [-0.3, -0.25) is 4.79 Å². The Morgan fingerprint density at radius 3 is 2.58 bits per heavy atom. The molecule has 1 unspecified atom stereocenters. The van der Waals surface area contributed by atoms with Crippen LogP contribution in [0.3, 0.4) is 0 Å². The van der Waals surface area contributed by atoms with Crippen molar-refractivity contribution in [2.24, 2.45) is 5.73 Å². The van der Waals surface area contributed by atoms with Crippen LogP contribution in [0, 0.1) is 5.82 Å². The molecule has 1 amide bonds. The zero-order valence-corrected chi connectivity index (χ0v) is 16.7. The number of anilines is 2. The molecule has 0 aliphatic heterocycles. The number of hydrogen-bond acceptors (Lipinski definition) is 4. The maximum atomic E-state index is 13.1. The minimum atomic E-state index is -0.297. The van der Waals surface area contributed by atoms with Crippen LogP contribution in [0.2, 0.25) is 0 Å². The molecule has 31 heavy (non-hydrogen) atoms. The molecule has 4 aromatic rings. The lowest BCUT2D eigenvalue weighted by Gasteiger charge is -2.16. The SMILES string of the molecule is NCC(NC(=O)c1ccn(-c2ccnc(Nc3ccc(F)cc3)c2)c1)c1ccccc1. The Kier molecular flexibility index (Phi) is 6.05. The van der Waals surface area contributed by atoms with Crippen LogP contribution in [-0.4, -0.2) is 22.0 Å². The molecular formula is C24H22FN5O. The second-order valence-corrected chi connectivity index (χ2v) is 7.01. The number of rotatable bonds is 7. The standard InChI is InChI=1S/C24H22FN5O/c25-19-6-8-20(9-7-19)28-23-14-21(10-12-27-23)30-13-11-18(16-30)24(31)29-22(15-26)17-4-2-1-3-5-17/h1-14,16,22H,15,26H2,(H,27,28)(H,29,31). The lowest BCUT2D eigenvalue weighted by atomic mass is 10.1. The summed E-state index contributed by atoms with van der Waals surface area (Å²) < 4.78 is 14.9. The van der Waals surface area contributed by atoms with Crippen LogP contribution >= 0.6 is 0 Å². The van der Waals surface area contributed by atoms with Crippen molar-refractivity contribution in [3.05, 3.63) is 108 Å². The highest BCUT2D eigenvalue weighted by Crippen LogP contribution is 2.19. The summed E-state index contributed by atoms with van der Waals surface area (Å²) in [6.45, 7) is 0.305. The van der Waals surface area contributed by atoms with E-state index < -0.39 is 0 Å². The highest BCUT2D eigenvalue weighted by molar-refractivity contribution is 5.94. The first-order chi connectivity index (χ1) is 15.1. The molecule has 0 aliphatic carbocycles. The topological polar surface area (TPSA) is 85.0 Å². The van der Waals surface area contributed by atoms with Crippen molar-refractivity contribution in [1.82, 2.24) is 14.9 Å². The molecule has 0 saturated carbocycles. The fourth-order valence-electron chi connectivity index (χ4n) is 3.23. The summed E-state index contributed by atoms with van der Waals surface area (Å²) in [5.41, 5.74) is 8.91. The van der Waals surface area contributed by atoms with Crippen molar-refractivity contribution in [3.8, 4) is 5.69 Å². The fourth-order valence-corrected chi connectivity index (χ4v) is 3.23. The zero-order chi connectivity index (χ0) is 21.6. The lowest BCUT2D eigenvalue weighted by Crippen LogP contribution is -2.33. The Morgan fingerprint density at radius 1 is 1.06 bits per heavy atom. The normalized spacial score (nSPS) is 11.7. The molecule has 0 saturated heterocycles.